The zero-order valence-corrected chi connectivity index (χ0v) is 20.6. The molecule has 0 unspecified atom stereocenters. The summed E-state index contributed by atoms with van der Waals surface area (Å²) in [5.74, 6) is 1.72. The largest absolute Gasteiger partial charge is 0.379 e. The number of aliphatic imine (C=N–C) groups is 1. The van der Waals surface area contributed by atoms with Crippen LogP contribution in [0, 0.1) is 0 Å². The summed E-state index contributed by atoms with van der Waals surface area (Å²) in [5.41, 5.74) is 4.79. The third-order valence-electron chi connectivity index (χ3n) is 5.33. The summed E-state index contributed by atoms with van der Waals surface area (Å²) in [6.45, 7) is 10.1. The lowest BCUT2D eigenvalue weighted by Crippen LogP contribution is -2.38. The van der Waals surface area contributed by atoms with Crippen LogP contribution in [0.2, 0.25) is 0 Å². The van der Waals surface area contributed by atoms with E-state index in [0.717, 1.165) is 75.2 Å². The van der Waals surface area contributed by atoms with Crippen LogP contribution < -0.4 is 10.6 Å². The van der Waals surface area contributed by atoms with Gasteiger partial charge in [0.25, 0.3) is 0 Å². The lowest BCUT2D eigenvalue weighted by atomic mass is 10.1. The Kier molecular flexibility index (Phi) is 10.6. The van der Waals surface area contributed by atoms with Crippen molar-refractivity contribution in [2.75, 3.05) is 33.4 Å². The van der Waals surface area contributed by atoms with E-state index in [1.165, 1.54) is 11.1 Å². The topological polar surface area (TPSA) is 74.9 Å². The van der Waals surface area contributed by atoms with E-state index >= 15 is 0 Å². The summed E-state index contributed by atoms with van der Waals surface area (Å²) in [4.78, 5) is 6.82. The normalized spacial score (nSPS) is 15.0. The number of hydrogen-bond acceptors (Lipinski definition) is 5. The smallest absolute Gasteiger partial charge is 0.191 e. The molecule has 0 atom stereocenters. The highest BCUT2D eigenvalue weighted by molar-refractivity contribution is 14.0. The second kappa shape index (κ2) is 12.9. The number of aromatic nitrogens is 1. The van der Waals surface area contributed by atoms with Gasteiger partial charge in [0.2, 0.25) is 0 Å². The van der Waals surface area contributed by atoms with Crippen molar-refractivity contribution < 1.29 is 9.26 Å². The lowest BCUT2D eigenvalue weighted by molar-refractivity contribution is 0.0341. The van der Waals surface area contributed by atoms with Crippen LogP contribution in [0.5, 0.6) is 0 Å². The summed E-state index contributed by atoms with van der Waals surface area (Å²) >= 11 is 0. The van der Waals surface area contributed by atoms with E-state index in [-0.39, 0.29) is 24.0 Å². The van der Waals surface area contributed by atoms with Crippen LogP contribution in [0.1, 0.15) is 42.0 Å². The molecule has 1 aliphatic rings. The van der Waals surface area contributed by atoms with Gasteiger partial charge in [0, 0.05) is 51.8 Å². The Labute approximate surface area is 196 Å². The van der Waals surface area contributed by atoms with Gasteiger partial charge in [-0.15, -0.1) is 24.0 Å². The van der Waals surface area contributed by atoms with Crippen molar-refractivity contribution in [3.63, 3.8) is 0 Å². The summed E-state index contributed by atoms with van der Waals surface area (Å²) in [7, 11) is 1.80. The van der Waals surface area contributed by atoms with Gasteiger partial charge in [0.1, 0.15) is 5.76 Å². The zero-order chi connectivity index (χ0) is 20.5. The van der Waals surface area contributed by atoms with Crippen LogP contribution in [-0.4, -0.2) is 49.4 Å². The molecule has 7 nitrogen and oxygen atoms in total. The number of morpholine rings is 1. The van der Waals surface area contributed by atoms with Crippen molar-refractivity contribution in [2.45, 2.75) is 46.3 Å². The Morgan fingerprint density at radius 2 is 1.77 bits per heavy atom. The van der Waals surface area contributed by atoms with E-state index in [9.17, 15) is 0 Å². The number of aryl methyl sites for hydroxylation is 2. The van der Waals surface area contributed by atoms with E-state index in [0.29, 0.717) is 6.54 Å². The van der Waals surface area contributed by atoms with Gasteiger partial charge in [-0.1, -0.05) is 43.3 Å². The molecule has 2 aromatic rings. The molecule has 2 heterocycles. The molecule has 1 saturated heterocycles. The Balaban J connectivity index is 0.00000320. The van der Waals surface area contributed by atoms with E-state index in [2.05, 4.69) is 63.8 Å². The number of benzene rings is 1. The molecule has 0 saturated carbocycles. The second-order valence-electron chi connectivity index (χ2n) is 7.17. The summed E-state index contributed by atoms with van der Waals surface area (Å²) in [6, 6.07) is 8.59. The molecule has 1 aromatic carbocycles. The van der Waals surface area contributed by atoms with Crippen molar-refractivity contribution in [1.29, 1.82) is 0 Å². The number of nitrogens with one attached hydrogen (secondary N) is 2. The van der Waals surface area contributed by atoms with Crippen LogP contribution in [0.25, 0.3) is 0 Å². The molecule has 0 aliphatic carbocycles. The van der Waals surface area contributed by atoms with Crippen molar-refractivity contribution in [3.05, 3.63) is 52.4 Å². The first-order valence-corrected chi connectivity index (χ1v) is 10.5. The van der Waals surface area contributed by atoms with E-state index < -0.39 is 0 Å². The molecule has 2 N–H and O–H groups in total. The van der Waals surface area contributed by atoms with Crippen molar-refractivity contribution in [3.8, 4) is 0 Å². The molecule has 1 aliphatic heterocycles. The fraction of sp³-hybridized carbons (Fsp3) is 0.545. The third kappa shape index (κ3) is 6.68. The third-order valence-corrected chi connectivity index (χ3v) is 5.33. The number of guanidine groups is 1. The Morgan fingerprint density at radius 3 is 2.43 bits per heavy atom. The maximum atomic E-state index is 5.46. The molecule has 166 valence electrons. The van der Waals surface area contributed by atoms with Crippen LogP contribution >= 0.6 is 24.0 Å². The molecule has 30 heavy (non-hydrogen) atoms. The highest BCUT2D eigenvalue weighted by Gasteiger charge is 2.15. The molecule has 8 heteroatoms. The fourth-order valence-electron chi connectivity index (χ4n) is 3.59. The minimum absolute atomic E-state index is 0. The Bertz CT molecular complexity index is 781. The maximum absolute atomic E-state index is 5.46. The minimum Gasteiger partial charge on any atom is -0.379 e. The standard InChI is InChI=1S/C22H33N5O2.HI/c1-4-20-19(21(5-2)29-26-20)15-25-22(23-3)24-14-17-8-6-7-9-18(17)16-27-10-12-28-13-11-27;/h6-9H,4-5,10-16H2,1-3H3,(H2,23,24,25);1H. The zero-order valence-electron chi connectivity index (χ0n) is 18.2. The number of ether oxygens (including phenoxy) is 1. The predicted molar refractivity (Wildman–Crippen MR) is 130 cm³/mol. The molecular formula is C22H34IN5O2. The number of nitrogens with zero attached hydrogens (tertiary/aromatic N) is 3. The van der Waals surface area contributed by atoms with Crippen LogP contribution in [0.15, 0.2) is 33.8 Å². The Morgan fingerprint density at radius 1 is 1.07 bits per heavy atom. The maximum Gasteiger partial charge on any atom is 0.191 e. The first kappa shape index (κ1) is 24.6. The SMILES string of the molecule is CCc1noc(CC)c1CNC(=NC)NCc1ccccc1CN1CCOCC1.I. The molecular weight excluding hydrogens is 493 g/mol. The average molecular weight is 527 g/mol. The van der Waals surface area contributed by atoms with Gasteiger partial charge < -0.3 is 19.9 Å². The van der Waals surface area contributed by atoms with Gasteiger partial charge in [-0.3, -0.25) is 9.89 Å². The molecule has 0 spiro atoms. The van der Waals surface area contributed by atoms with Crippen molar-refractivity contribution in [2.24, 2.45) is 4.99 Å². The van der Waals surface area contributed by atoms with E-state index in [4.69, 9.17) is 9.26 Å². The van der Waals surface area contributed by atoms with Gasteiger partial charge in [0.05, 0.1) is 18.9 Å². The minimum atomic E-state index is 0. The molecule has 1 aromatic heterocycles. The van der Waals surface area contributed by atoms with Crippen molar-refractivity contribution >= 4 is 29.9 Å². The number of halogens is 1. The summed E-state index contributed by atoms with van der Waals surface area (Å²) in [6.07, 6.45) is 1.70. The second-order valence-corrected chi connectivity index (χ2v) is 7.17. The quantitative estimate of drug-likeness (QED) is 0.312. The summed E-state index contributed by atoms with van der Waals surface area (Å²) < 4.78 is 10.9. The Hall–Kier alpha value is -1.65. The molecule has 0 radical (unpaired) electrons. The number of hydrogen-bond donors (Lipinski definition) is 2. The van der Waals surface area contributed by atoms with Gasteiger partial charge in [-0.2, -0.15) is 0 Å². The first-order valence-electron chi connectivity index (χ1n) is 10.5. The van der Waals surface area contributed by atoms with E-state index in [1.807, 2.05) is 0 Å². The van der Waals surface area contributed by atoms with E-state index in [1.54, 1.807) is 7.05 Å². The van der Waals surface area contributed by atoms with Gasteiger partial charge in [-0.25, -0.2) is 0 Å². The van der Waals surface area contributed by atoms with Crippen molar-refractivity contribution in [1.82, 2.24) is 20.7 Å². The molecule has 0 amide bonds. The lowest BCUT2D eigenvalue weighted by Gasteiger charge is -2.27. The van der Waals surface area contributed by atoms with Crippen LogP contribution in [-0.2, 0) is 37.2 Å². The molecule has 0 bridgehead atoms. The highest BCUT2D eigenvalue weighted by Crippen LogP contribution is 2.16. The molecule has 1 fully saturated rings. The highest BCUT2D eigenvalue weighted by atomic mass is 127. The predicted octanol–water partition coefficient (Wildman–Crippen LogP) is 3.11. The number of rotatable bonds is 8. The van der Waals surface area contributed by atoms with Crippen LogP contribution in [0.4, 0.5) is 0 Å². The monoisotopic (exact) mass is 527 g/mol. The van der Waals surface area contributed by atoms with Gasteiger partial charge in [-0.05, 0) is 17.5 Å². The average Bonchev–Trinajstić information content (AvgIpc) is 3.17. The van der Waals surface area contributed by atoms with Gasteiger partial charge >= 0.3 is 0 Å². The van der Waals surface area contributed by atoms with Gasteiger partial charge in [0.15, 0.2) is 5.96 Å². The van der Waals surface area contributed by atoms with Crippen LogP contribution in [0.3, 0.4) is 0 Å². The molecule has 3 rings (SSSR count). The first-order chi connectivity index (χ1) is 14.2. The fourth-order valence-corrected chi connectivity index (χ4v) is 3.59. The summed E-state index contributed by atoms with van der Waals surface area (Å²) in [5, 5.41) is 11.0.